The number of aliphatic hydroxyl groups excluding tert-OH is 1. The van der Waals surface area contributed by atoms with Gasteiger partial charge in [0.25, 0.3) is 0 Å². The first-order chi connectivity index (χ1) is 9.15. The fraction of sp³-hybridized carbons (Fsp3) is 0.625. The van der Waals surface area contributed by atoms with Gasteiger partial charge in [0.15, 0.2) is 0 Å². The van der Waals surface area contributed by atoms with E-state index < -0.39 is 0 Å². The number of halogens is 2. The van der Waals surface area contributed by atoms with Crippen LogP contribution in [-0.4, -0.2) is 11.2 Å². The Morgan fingerprint density at radius 1 is 1.26 bits per heavy atom. The Morgan fingerprint density at radius 2 is 1.95 bits per heavy atom. The van der Waals surface area contributed by atoms with E-state index in [0.29, 0.717) is 17.9 Å². The van der Waals surface area contributed by atoms with E-state index in [0.717, 1.165) is 28.1 Å². The minimum Gasteiger partial charge on any atom is -0.392 e. The van der Waals surface area contributed by atoms with Gasteiger partial charge in [-0.05, 0) is 72.6 Å². The van der Waals surface area contributed by atoms with E-state index in [2.05, 4.69) is 15.9 Å². The summed E-state index contributed by atoms with van der Waals surface area (Å²) < 4.78 is 14.6. The van der Waals surface area contributed by atoms with E-state index in [4.69, 9.17) is 0 Å². The predicted octanol–water partition coefficient (Wildman–Crippen LogP) is 3.78. The van der Waals surface area contributed by atoms with Crippen molar-refractivity contribution in [2.45, 2.75) is 31.8 Å². The van der Waals surface area contributed by atoms with Crippen LogP contribution in [0.3, 0.4) is 0 Å². The highest BCUT2D eigenvalue weighted by Gasteiger charge is 2.66. The van der Waals surface area contributed by atoms with Gasteiger partial charge in [-0.2, -0.15) is 0 Å². The van der Waals surface area contributed by atoms with E-state index in [9.17, 15) is 9.50 Å². The molecule has 2 bridgehead atoms. The Bertz CT molecular complexity index is 501. The van der Waals surface area contributed by atoms with Gasteiger partial charge in [-0.1, -0.05) is 15.9 Å². The normalized spacial score (nSPS) is 40.3. The average Bonchev–Trinajstić information content (AvgIpc) is 2.83. The Balaban J connectivity index is 1.48. The largest absolute Gasteiger partial charge is 0.392 e. The first kappa shape index (κ1) is 12.3. The SMILES string of the molecule is OC(Cc1cc(Br)ccc1F)C1C2C3CCC(C3)C12. The number of rotatable bonds is 3. The van der Waals surface area contributed by atoms with Gasteiger partial charge in [0.05, 0.1) is 6.10 Å². The van der Waals surface area contributed by atoms with E-state index >= 15 is 0 Å². The molecule has 1 nitrogen and oxygen atoms in total. The van der Waals surface area contributed by atoms with Crippen LogP contribution in [0.25, 0.3) is 0 Å². The monoisotopic (exact) mass is 324 g/mol. The molecule has 3 fully saturated rings. The lowest BCUT2D eigenvalue weighted by Crippen LogP contribution is -2.19. The molecule has 0 aromatic heterocycles. The summed E-state index contributed by atoms with van der Waals surface area (Å²) in [4.78, 5) is 0. The molecule has 0 heterocycles. The van der Waals surface area contributed by atoms with Crippen LogP contribution in [0.4, 0.5) is 4.39 Å². The molecule has 0 radical (unpaired) electrons. The summed E-state index contributed by atoms with van der Waals surface area (Å²) in [6.07, 6.45) is 4.22. The van der Waals surface area contributed by atoms with Gasteiger partial charge < -0.3 is 5.11 Å². The Morgan fingerprint density at radius 3 is 2.63 bits per heavy atom. The van der Waals surface area contributed by atoms with Crippen molar-refractivity contribution in [3.8, 4) is 0 Å². The molecular formula is C16H18BrFO. The Labute approximate surface area is 121 Å². The predicted molar refractivity (Wildman–Crippen MR) is 75.1 cm³/mol. The fourth-order valence-electron chi connectivity index (χ4n) is 4.97. The molecule has 3 aliphatic carbocycles. The number of benzene rings is 1. The minimum absolute atomic E-state index is 0.198. The van der Waals surface area contributed by atoms with Crippen LogP contribution < -0.4 is 0 Å². The van der Waals surface area contributed by atoms with Crippen LogP contribution in [0, 0.1) is 35.4 Å². The lowest BCUT2D eigenvalue weighted by molar-refractivity contribution is 0.127. The van der Waals surface area contributed by atoms with Crippen molar-refractivity contribution < 1.29 is 9.50 Å². The quantitative estimate of drug-likeness (QED) is 0.897. The molecule has 3 heteroatoms. The molecule has 4 rings (SSSR count). The molecule has 0 amide bonds. The number of hydrogen-bond donors (Lipinski definition) is 1. The minimum atomic E-state index is -0.359. The fourth-order valence-corrected chi connectivity index (χ4v) is 5.38. The molecule has 0 aliphatic heterocycles. The second kappa shape index (κ2) is 4.29. The van der Waals surface area contributed by atoms with Gasteiger partial charge in [-0.15, -0.1) is 0 Å². The zero-order valence-corrected chi connectivity index (χ0v) is 12.3. The number of hydrogen-bond acceptors (Lipinski definition) is 1. The zero-order valence-electron chi connectivity index (χ0n) is 10.7. The maximum Gasteiger partial charge on any atom is 0.126 e. The Kier molecular flexibility index (Phi) is 2.79. The van der Waals surface area contributed by atoms with Crippen LogP contribution >= 0.6 is 15.9 Å². The highest BCUT2D eigenvalue weighted by Crippen LogP contribution is 2.70. The summed E-state index contributed by atoms with van der Waals surface area (Å²) in [5, 5.41) is 10.4. The third kappa shape index (κ3) is 1.89. The van der Waals surface area contributed by atoms with E-state index in [-0.39, 0.29) is 11.9 Å². The molecule has 1 aromatic carbocycles. The lowest BCUT2D eigenvalue weighted by Gasteiger charge is -2.15. The maximum absolute atomic E-state index is 13.7. The summed E-state index contributed by atoms with van der Waals surface area (Å²) in [6, 6.07) is 4.98. The molecular weight excluding hydrogens is 307 g/mol. The van der Waals surface area contributed by atoms with Gasteiger partial charge in [-0.3, -0.25) is 0 Å². The second-order valence-corrected chi connectivity index (χ2v) is 7.49. The Hall–Kier alpha value is -0.410. The number of aliphatic hydroxyl groups is 1. The van der Waals surface area contributed by atoms with Crippen LogP contribution in [0.2, 0.25) is 0 Å². The summed E-state index contributed by atoms with van der Waals surface area (Å²) in [5.41, 5.74) is 0.638. The summed E-state index contributed by atoms with van der Waals surface area (Å²) in [5.74, 6) is 3.48. The molecule has 3 aliphatic rings. The first-order valence-electron chi connectivity index (χ1n) is 7.27. The topological polar surface area (TPSA) is 20.2 Å². The number of fused-ring (bicyclic) bond motifs is 5. The van der Waals surface area contributed by atoms with Crippen LogP contribution in [0.15, 0.2) is 22.7 Å². The molecule has 1 aromatic rings. The van der Waals surface area contributed by atoms with Crippen molar-refractivity contribution in [1.82, 2.24) is 0 Å². The highest BCUT2D eigenvalue weighted by atomic mass is 79.9. The van der Waals surface area contributed by atoms with Crippen LogP contribution in [0.1, 0.15) is 24.8 Å². The third-order valence-electron chi connectivity index (χ3n) is 5.68. The molecule has 0 spiro atoms. The van der Waals surface area contributed by atoms with Crippen molar-refractivity contribution in [2.75, 3.05) is 0 Å². The molecule has 1 N–H and O–H groups in total. The summed E-state index contributed by atoms with van der Waals surface area (Å²) in [7, 11) is 0. The standard InChI is InChI=1S/C16H18BrFO/c17-11-3-4-12(18)10(6-11)7-13(19)16-14-8-1-2-9(5-8)15(14)16/h3-4,6,8-9,13-16,19H,1-2,5,7H2. The summed E-state index contributed by atoms with van der Waals surface area (Å²) in [6.45, 7) is 0. The van der Waals surface area contributed by atoms with E-state index in [1.165, 1.54) is 25.3 Å². The molecule has 0 saturated heterocycles. The van der Waals surface area contributed by atoms with Gasteiger partial charge in [0.1, 0.15) is 5.82 Å². The third-order valence-corrected chi connectivity index (χ3v) is 6.17. The molecule has 102 valence electrons. The first-order valence-corrected chi connectivity index (χ1v) is 8.06. The van der Waals surface area contributed by atoms with E-state index in [1.807, 2.05) is 0 Å². The van der Waals surface area contributed by atoms with Gasteiger partial charge in [-0.25, -0.2) is 4.39 Å². The van der Waals surface area contributed by atoms with Crippen molar-refractivity contribution in [1.29, 1.82) is 0 Å². The molecule has 3 saturated carbocycles. The van der Waals surface area contributed by atoms with Gasteiger partial charge in [0, 0.05) is 10.9 Å². The van der Waals surface area contributed by atoms with E-state index in [1.54, 1.807) is 12.1 Å². The van der Waals surface area contributed by atoms with Crippen LogP contribution in [-0.2, 0) is 6.42 Å². The van der Waals surface area contributed by atoms with Crippen molar-refractivity contribution >= 4 is 15.9 Å². The van der Waals surface area contributed by atoms with Crippen molar-refractivity contribution in [2.24, 2.45) is 29.6 Å². The summed E-state index contributed by atoms with van der Waals surface area (Å²) >= 11 is 3.37. The van der Waals surface area contributed by atoms with Gasteiger partial charge in [0.2, 0.25) is 0 Å². The van der Waals surface area contributed by atoms with Crippen molar-refractivity contribution in [3.05, 3.63) is 34.1 Å². The van der Waals surface area contributed by atoms with Gasteiger partial charge >= 0.3 is 0 Å². The molecule has 5 atom stereocenters. The van der Waals surface area contributed by atoms with Crippen molar-refractivity contribution in [3.63, 3.8) is 0 Å². The highest BCUT2D eigenvalue weighted by molar-refractivity contribution is 9.10. The smallest absolute Gasteiger partial charge is 0.126 e. The maximum atomic E-state index is 13.7. The average molecular weight is 325 g/mol. The molecule has 5 unspecified atom stereocenters. The molecule has 19 heavy (non-hydrogen) atoms. The lowest BCUT2D eigenvalue weighted by atomic mass is 9.95. The second-order valence-electron chi connectivity index (χ2n) is 6.57. The zero-order chi connectivity index (χ0) is 13.1. The van der Waals surface area contributed by atoms with Crippen LogP contribution in [0.5, 0.6) is 0 Å².